The first kappa shape index (κ1) is 20.1. The molecule has 0 aromatic carbocycles. The van der Waals surface area contributed by atoms with Crippen LogP contribution in [0.1, 0.15) is 36.0 Å². The highest BCUT2D eigenvalue weighted by molar-refractivity contribution is 6.04. The van der Waals surface area contributed by atoms with E-state index in [0.717, 1.165) is 42.3 Å². The molecular weight excluding hydrogens is 410 g/mol. The Hall–Kier alpha value is -3.79. The number of aliphatic hydroxyl groups excluding tert-OH is 1. The Kier molecular flexibility index (Phi) is 5.28. The highest BCUT2D eigenvalue weighted by Gasteiger charge is 2.21. The maximum Gasteiger partial charge on any atom is 0.317 e. The van der Waals surface area contributed by atoms with Gasteiger partial charge in [-0.1, -0.05) is 0 Å². The Morgan fingerprint density at radius 1 is 1.22 bits per heavy atom. The smallest absolute Gasteiger partial charge is 0.317 e. The fourth-order valence-corrected chi connectivity index (χ4v) is 3.82. The lowest BCUT2D eigenvalue weighted by Crippen LogP contribution is -2.27. The molecule has 4 aromatic heterocycles. The summed E-state index contributed by atoms with van der Waals surface area (Å²) >= 11 is 0. The van der Waals surface area contributed by atoms with Crippen LogP contribution < -0.4 is 10.1 Å². The molecule has 0 spiro atoms. The molecule has 4 aromatic rings. The van der Waals surface area contributed by atoms with Crippen LogP contribution in [0.15, 0.2) is 43.0 Å². The number of rotatable bonds is 5. The van der Waals surface area contributed by atoms with Gasteiger partial charge in [-0.25, -0.2) is 9.97 Å². The predicted octanol–water partition coefficient (Wildman–Crippen LogP) is 2.69. The molecule has 4 heterocycles. The van der Waals surface area contributed by atoms with Gasteiger partial charge >= 0.3 is 6.01 Å². The van der Waals surface area contributed by atoms with Gasteiger partial charge in [0.15, 0.2) is 0 Å². The second-order valence-corrected chi connectivity index (χ2v) is 7.97. The first-order valence-corrected chi connectivity index (χ1v) is 10.5. The average Bonchev–Trinajstić information content (AvgIpc) is 3.41. The largest absolute Gasteiger partial charge is 0.460 e. The van der Waals surface area contributed by atoms with Gasteiger partial charge in [0.1, 0.15) is 11.9 Å². The summed E-state index contributed by atoms with van der Waals surface area (Å²) in [5.41, 5.74) is 2.77. The number of aryl methyl sites for hydroxylation is 1. The van der Waals surface area contributed by atoms with Crippen LogP contribution in [0.4, 0.5) is 5.82 Å². The molecule has 0 atom stereocenters. The minimum Gasteiger partial charge on any atom is -0.460 e. The molecule has 0 unspecified atom stereocenters. The van der Waals surface area contributed by atoms with Crippen molar-refractivity contribution in [2.45, 2.75) is 37.9 Å². The van der Waals surface area contributed by atoms with E-state index < -0.39 is 0 Å². The number of aromatic amines is 1. The molecule has 32 heavy (non-hydrogen) atoms. The van der Waals surface area contributed by atoms with Gasteiger partial charge in [0.2, 0.25) is 0 Å². The molecule has 1 aliphatic carbocycles. The summed E-state index contributed by atoms with van der Waals surface area (Å²) in [6.07, 6.45) is 9.35. The van der Waals surface area contributed by atoms with Gasteiger partial charge in [-0.2, -0.15) is 10.1 Å². The van der Waals surface area contributed by atoms with E-state index in [0.29, 0.717) is 23.1 Å². The molecule has 0 saturated heterocycles. The highest BCUT2D eigenvalue weighted by atomic mass is 16.5. The van der Waals surface area contributed by atoms with Crippen LogP contribution in [0.3, 0.4) is 0 Å². The van der Waals surface area contributed by atoms with Crippen molar-refractivity contribution in [3.8, 4) is 17.4 Å². The minimum absolute atomic E-state index is 0.0200. The van der Waals surface area contributed by atoms with Crippen molar-refractivity contribution in [2.24, 2.45) is 7.05 Å². The van der Waals surface area contributed by atoms with Crippen LogP contribution in [0.2, 0.25) is 0 Å². The van der Waals surface area contributed by atoms with Gasteiger partial charge in [-0.15, -0.1) is 0 Å². The number of nitrogens with zero attached hydrogens (tertiary/aromatic N) is 5. The van der Waals surface area contributed by atoms with E-state index in [1.165, 1.54) is 6.20 Å². The summed E-state index contributed by atoms with van der Waals surface area (Å²) in [7, 11) is 1.75. The van der Waals surface area contributed by atoms with Crippen LogP contribution in [-0.2, 0) is 7.05 Å². The fourth-order valence-electron chi connectivity index (χ4n) is 3.82. The van der Waals surface area contributed by atoms with E-state index in [2.05, 4.69) is 30.4 Å². The van der Waals surface area contributed by atoms with Crippen LogP contribution in [0.5, 0.6) is 6.01 Å². The number of H-pyrrole nitrogens is 1. The zero-order chi connectivity index (χ0) is 22.1. The van der Waals surface area contributed by atoms with Crippen LogP contribution >= 0.6 is 0 Å². The number of aliphatic hydroxyl groups is 1. The first-order valence-electron chi connectivity index (χ1n) is 10.5. The molecule has 1 saturated carbocycles. The zero-order valence-corrected chi connectivity index (χ0v) is 17.5. The number of amides is 1. The molecule has 0 aliphatic heterocycles. The summed E-state index contributed by atoms with van der Waals surface area (Å²) < 4.78 is 7.50. The molecule has 0 radical (unpaired) electrons. The Labute approximate surface area is 183 Å². The summed E-state index contributed by atoms with van der Waals surface area (Å²) in [4.78, 5) is 28.8. The van der Waals surface area contributed by atoms with Crippen molar-refractivity contribution in [3.63, 3.8) is 0 Å². The van der Waals surface area contributed by atoms with E-state index in [1.54, 1.807) is 42.5 Å². The summed E-state index contributed by atoms with van der Waals surface area (Å²) in [6, 6.07) is 5.85. The number of carbonyl (C=O) groups excluding carboxylic acids is 1. The van der Waals surface area contributed by atoms with Crippen LogP contribution in [-0.4, -0.2) is 52.9 Å². The molecule has 10 nitrogen and oxygen atoms in total. The normalized spacial score (nSPS) is 18.6. The second kappa shape index (κ2) is 8.39. The molecule has 1 aliphatic rings. The minimum atomic E-state index is -0.274. The Morgan fingerprint density at radius 3 is 2.84 bits per heavy atom. The monoisotopic (exact) mass is 433 g/mol. The number of pyridine rings is 1. The predicted molar refractivity (Wildman–Crippen MR) is 117 cm³/mol. The summed E-state index contributed by atoms with van der Waals surface area (Å²) in [5.74, 6) is 0.163. The molecule has 1 fully saturated rings. The van der Waals surface area contributed by atoms with Crippen LogP contribution in [0.25, 0.3) is 22.3 Å². The lowest BCUT2D eigenvalue weighted by molar-refractivity contribution is 0.0619. The second-order valence-electron chi connectivity index (χ2n) is 7.97. The molecule has 1 amide bonds. The van der Waals surface area contributed by atoms with Crippen molar-refractivity contribution < 1.29 is 14.6 Å². The SMILES string of the molecule is Cn1cc(C(=O)Nc2cc3[nH]c(-c4ccnc(OC5CCC(O)CC5)n4)cc3cn2)cn1. The number of aromatic nitrogens is 6. The van der Waals surface area contributed by atoms with Gasteiger partial charge in [0, 0.05) is 37.1 Å². The van der Waals surface area contributed by atoms with Crippen molar-refractivity contribution in [1.29, 1.82) is 0 Å². The van der Waals surface area contributed by atoms with Gasteiger partial charge in [-0.3, -0.25) is 9.48 Å². The maximum atomic E-state index is 12.3. The zero-order valence-electron chi connectivity index (χ0n) is 17.5. The van der Waals surface area contributed by atoms with E-state index in [-0.39, 0.29) is 18.1 Å². The summed E-state index contributed by atoms with van der Waals surface area (Å²) in [5, 5.41) is 17.3. The average molecular weight is 433 g/mol. The van der Waals surface area contributed by atoms with Gasteiger partial charge < -0.3 is 20.1 Å². The number of hydrogen-bond donors (Lipinski definition) is 3. The number of nitrogens with one attached hydrogen (secondary N) is 2. The molecule has 164 valence electrons. The third kappa shape index (κ3) is 4.30. The standard InChI is InChI=1S/C22H23N7O3/c1-29-12-14(11-25-29)21(31)28-20-9-18-13(10-24-20)8-19(26-18)17-6-7-23-22(27-17)32-16-4-2-15(30)3-5-16/h6-12,15-16,26,30H,2-5H2,1H3,(H,24,28,31). The fraction of sp³-hybridized carbons (Fsp3) is 0.318. The lowest BCUT2D eigenvalue weighted by Gasteiger charge is -2.25. The van der Waals surface area contributed by atoms with Crippen molar-refractivity contribution in [3.05, 3.63) is 48.5 Å². The number of carbonyl (C=O) groups is 1. The number of anilines is 1. The summed E-state index contributed by atoms with van der Waals surface area (Å²) in [6.45, 7) is 0. The number of fused-ring (bicyclic) bond motifs is 1. The van der Waals surface area contributed by atoms with Crippen molar-refractivity contribution >= 4 is 22.6 Å². The molecule has 5 rings (SSSR count). The van der Waals surface area contributed by atoms with E-state index >= 15 is 0 Å². The third-order valence-corrected chi connectivity index (χ3v) is 5.54. The molecular formula is C22H23N7O3. The molecule has 10 heteroatoms. The van der Waals surface area contributed by atoms with Gasteiger partial charge in [0.25, 0.3) is 5.91 Å². The highest BCUT2D eigenvalue weighted by Crippen LogP contribution is 2.26. The first-order chi connectivity index (χ1) is 15.5. The maximum absolute atomic E-state index is 12.3. The number of ether oxygens (including phenoxy) is 1. The molecule has 3 N–H and O–H groups in total. The van der Waals surface area contributed by atoms with E-state index in [1.807, 2.05) is 6.07 Å². The van der Waals surface area contributed by atoms with E-state index in [4.69, 9.17) is 4.74 Å². The van der Waals surface area contributed by atoms with Gasteiger partial charge in [0.05, 0.1) is 34.8 Å². The van der Waals surface area contributed by atoms with Gasteiger partial charge in [-0.05, 0) is 37.8 Å². The van der Waals surface area contributed by atoms with Crippen molar-refractivity contribution in [2.75, 3.05) is 5.32 Å². The van der Waals surface area contributed by atoms with E-state index in [9.17, 15) is 9.90 Å². The Bertz CT molecular complexity index is 1260. The topological polar surface area (TPSA) is 131 Å². The third-order valence-electron chi connectivity index (χ3n) is 5.54. The van der Waals surface area contributed by atoms with Crippen LogP contribution in [0, 0.1) is 0 Å². The lowest BCUT2D eigenvalue weighted by atomic mass is 9.95. The number of hydrogen-bond acceptors (Lipinski definition) is 7. The Morgan fingerprint density at radius 2 is 2.06 bits per heavy atom. The quantitative estimate of drug-likeness (QED) is 0.441. The van der Waals surface area contributed by atoms with Crippen molar-refractivity contribution in [1.82, 2.24) is 29.7 Å². The molecule has 0 bridgehead atoms. The Balaban J connectivity index is 1.33.